The zero-order valence-corrected chi connectivity index (χ0v) is 16.0. The maximum atomic E-state index is 13.2. The number of carbonyl (C=O) groups is 1. The molecule has 0 aliphatic carbocycles. The molecule has 6 heteroatoms. The number of hydrogen-bond donors (Lipinski definition) is 3. The van der Waals surface area contributed by atoms with Crippen molar-refractivity contribution in [2.45, 2.75) is 31.8 Å². The Hall–Kier alpha value is -2.83. The van der Waals surface area contributed by atoms with Gasteiger partial charge in [0.25, 0.3) is 6.43 Å². The van der Waals surface area contributed by atoms with Gasteiger partial charge in [0.2, 0.25) is 5.91 Å². The summed E-state index contributed by atoms with van der Waals surface area (Å²) in [6.45, 7) is 0.906. The lowest BCUT2D eigenvalue weighted by Crippen LogP contribution is -2.49. The molecule has 0 aliphatic heterocycles. The first-order valence-corrected chi connectivity index (χ1v) is 9.35. The molecule has 3 aromatic carbocycles. The topological polar surface area (TPSA) is 69.6 Å². The molecule has 3 rings (SSSR count). The van der Waals surface area contributed by atoms with Crippen LogP contribution in [0, 0.1) is 5.92 Å². The van der Waals surface area contributed by atoms with Crippen molar-refractivity contribution in [1.29, 1.82) is 0 Å². The predicted molar refractivity (Wildman–Crippen MR) is 108 cm³/mol. The molecule has 4 nitrogen and oxygen atoms in total. The van der Waals surface area contributed by atoms with Crippen LogP contribution in [0.15, 0.2) is 66.7 Å². The van der Waals surface area contributed by atoms with E-state index in [1.54, 1.807) is 0 Å². The van der Waals surface area contributed by atoms with E-state index in [4.69, 9.17) is 5.21 Å². The summed E-state index contributed by atoms with van der Waals surface area (Å²) >= 11 is 0. The third-order valence-electron chi connectivity index (χ3n) is 5.31. The van der Waals surface area contributed by atoms with Crippen molar-refractivity contribution in [2.24, 2.45) is 5.92 Å². The predicted octanol–water partition coefficient (Wildman–Crippen LogP) is 4.58. The number of halogens is 2. The molecule has 0 radical (unpaired) electrons. The molecule has 0 aliphatic rings. The quantitative estimate of drug-likeness (QED) is 0.402. The molecular formula is C23H23F2NO3. The zero-order valence-electron chi connectivity index (χ0n) is 16.0. The van der Waals surface area contributed by atoms with Crippen molar-refractivity contribution < 1.29 is 23.9 Å². The van der Waals surface area contributed by atoms with Crippen LogP contribution in [0.4, 0.5) is 8.78 Å². The number of alkyl halides is 2. The molecule has 0 spiro atoms. The standard InChI is InChI=1S/C23H23F2NO3/c1-23(28,22(24)25)20(21(27)26-29)12-8-15-7-9-19-14-18(11-10-17(19)13-15)16-5-3-2-4-6-16/h2-7,9-11,13-14,20,22,28-29H,8,12H2,1H3,(H,26,27)/t20-,23+/m1/s1. The van der Waals surface area contributed by atoms with Crippen molar-refractivity contribution in [3.8, 4) is 11.1 Å². The highest BCUT2D eigenvalue weighted by Crippen LogP contribution is 2.30. The first kappa shape index (κ1) is 20.9. The molecule has 0 heterocycles. The molecule has 152 valence electrons. The van der Waals surface area contributed by atoms with Crippen LogP contribution in [0.3, 0.4) is 0 Å². The number of rotatable bonds is 7. The summed E-state index contributed by atoms with van der Waals surface area (Å²) < 4.78 is 26.3. The highest BCUT2D eigenvalue weighted by molar-refractivity contribution is 5.88. The molecule has 2 atom stereocenters. The normalized spacial score (nSPS) is 14.6. The fourth-order valence-electron chi connectivity index (χ4n) is 3.49. The average Bonchev–Trinajstić information content (AvgIpc) is 2.73. The lowest BCUT2D eigenvalue weighted by molar-refractivity contribution is -0.159. The van der Waals surface area contributed by atoms with Gasteiger partial charge < -0.3 is 5.11 Å². The number of fused-ring (bicyclic) bond motifs is 1. The maximum Gasteiger partial charge on any atom is 0.267 e. The molecule has 1 amide bonds. The van der Waals surface area contributed by atoms with Crippen molar-refractivity contribution in [1.82, 2.24) is 5.48 Å². The molecule has 0 bridgehead atoms. The smallest absolute Gasteiger partial charge is 0.267 e. The van der Waals surface area contributed by atoms with Gasteiger partial charge in [0.15, 0.2) is 0 Å². The van der Waals surface area contributed by atoms with Crippen LogP contribution < -0.4 is 5.48 Å². The molecular weight excluding hydrogens is 376 g/mol. The Labute approximate surface area is 167 Å². The van der Waals surface area contributed by atoms with E-state index >= 15 is 0 Å². The molecule has 0 saturated heterocycles. The van der Waals surface area contributed by atoms with Gasteiger partial charge in [-0.2, -0.15) is 0 Å². The van der Waals surface area contributed by atoms with E-state index in [9.17, 15) is 18.7 Å². The van der Waals surface area contributed by atoms with Crippen molar-refractivity contribution >= 4 is 16.7 Å². The van der Waals surface area contributed by atoms with E-state index in [1.165, 1.54) is 5.48 Å². The van der Waals surface area contributed by atoms with Crippen molar-refractivity contribution in [3.63, 3.8) is 0 Å². The summed E-state index contributed by atoms with van der Waals surface area (Å²) in [4.78, 5) is 11.8. The molecule has 0 unspecified atom stereocenters. The van der Waals surface area contributed by atoms with Crippen LogP contribution in [0.1, 0.15) is 18.9 Å². The third-order valence-corrected chi connectivity index (χ3v) is 5.31. The second-order valence-corrected chi connectivity index (χ2v) is 7.36. The van der Waals surface area contributed by atoms with Crippen molar-refractivity contribution in [3.05, 3.63) is 72.3 Å². The highest BCUT2D eigenvalue weighted by atomic mass is 19.3. The average molecular weight is 399 g/mol. The van der Waals surface area contributed by atoms with E-state index in [0.717, 1.165) is 34.4 Å². The summed E-state index contributed by atoms with van der Waals surface area (Å²) in [5, 5.41) is 20.9. The lowest BCUT2D eigenvalue weighted by Gasteiger charge is -2.30. The summed E-state index contributed by atoms with van der Waals surface area (Å²) in [7, 11) is 0. The Bertz CT molecular complexity index is 990. The Morgan fingerprint density at radius 3 is 2.31 bits per heavy atom. The fourth-order valence-corrected chi connectivity index (χ4v) is 3.49. The summed E-state index contributed by atoms with van der Waals surface area (Å²) in [6.07, 6.45) is -2.84. The van der Waals surface area contributed by atoms with Gasteiger partial charge in [-0.25, -0.2) is 14.3 Å². The van der Waals surface area contributed by atoms with Gasteiger partial charge >= 0.3 is 0 Å². The number of benzene rings is 3. The SMILES string of the molecule is C[C@@](O)(C(F)F)[C@H](CCc1ccc2cc(-c3ccccc3)ccc2c1)C(=O)NO. The monoisotopic (exact) mass is 399 g/mol. The Kier molecular flexibility index (Phi) is 6.25. The molecule has 0 fully saturated rings. The molecule has 0 aromatic heterocycles. The van der Waals surface area contributed by atoms with E-state index in [1.807, 2.05) is 60.7 Å². The summed E-state index contributed by atoms with van der Waals surface area (Å²) in [6, 6.07) is 21.9. The molecule has 3 aromatic rings. The minimum Gasteiger partial charge on any atom is -0.383 e. The largest absolute Gasteiger partial charge is 0.383 e. The third kappa shape index (κ3) is 4.60. The maximum absolute atomic E-state index is 13.2. The van der Waals surface area contributed by atoms with Gasteiger partial charge in [-0.3, -0.25) is 10.0 Å². The van der Waals surface area contributed by atoms with E-state index in [0.29, 0.717) is 6.42 Å². The van der Waals surface area contributed by atoms with E-state index < -0.39 is 23.9 Å². The van der Waals surface area contributed by atoms with Crippen LogP contribution >= 0.6 is 0 Å². The van der Waals surface area contributed by atoms with Crippen LogP contribution in [-0.4, -0.2) is 28.2 Å². The number of hydroxylamine groups is 1. The minimum absolute atomic E-state index is 0.0304. The van der Waals surface area contributed by atoms with Crippen molar-refractivity contribution in [2.75, 3.05) is 0 Å². The first-order chi connectivity index (χ1) is 13.8. The number of amides is 1. The molecule has 29 heavy (non-hydrogen) atoms. The van der Waals surface area contributed by atoms with Crippen LogP contribution in [0.2, 0.25) is 0 Å². The Morgan fingerprint density at radius 1 is 1.00 bits per heavy atom. The number of hydrogen-bond acceptors (Lipinski definition) is 3. The van der Waals surface area contributed by atoms with Gasteiger partial charge in [-0.1, -0.05) is 60.7 Å². The molecule has 0 saturated carbocycles. The summed E-state index contributed by atoms with van der Waals surface area (Å²) in [5.74, 6) is -2.47. The first-order valence-electron chi connectivity index (χ1n) is 9.35. The Balaban J connectivity index is 1.80. The van der Waals surface area contributed by atoms with Gasteiger partial charge in [0.05, 0.1) is 5.92 Å². The number of aryl methyl sites for hydroxylation is 1. The van der Waals surface area contributed by atoms with Gasteiger partial charge in [0.1, 0.15) is 5.60 Å². The lowest BCUT2D eigenvalue weighted by atomic mass is 9.84. The fraction of sp³-hybridized carbons (Fsp3) is 0.261. The molecule has 3 N–H and O–H groups in total. The summed E-state index contributed by atoms with van der Waals surface area (Å²) in [5.41, 5.74) is 1.91. The van der Waals surface area contributed by atoms with E-state index in [-0.39, 0.29) is 6.42 Å². The van der Waals surface area contributed by atoms with Gasteiger partial charge in [-0.05, 0) is 53.3 Å². The highest BCUT2D eigenvalue weighted by Gasteiger charge is 2.44. The zero-order chi connectivity index (χ0) is 21.0. The van der Waals surface area contributed by atoms with Crippen LogP contribution in [0.5, 0.6) is 0 Å². The minimum atomic E-state index is -3.11. The van der Waals surface area contributed by atoms with Crippen LogP contribution in [0.25, 0.3) is 21.9 Å². The van der Waals surface area contributed by atoms with Crippen LogP contribution in [-0.2, 0) is 11.2 Å². The van der Waals surface area contributed by atoms with E-state index in [2.05, 4.69) is 6.07 Å². The number of carbonyl (C=O) groups excluding carboxylic acids is 1. The number of nitrogens with one attached hydrogen (secondary N) is 1. The second kappa shape index (κ2) is 8.68. The van der Waals surface area contributed by atoms with Gasteiger partial charge in [0, 0.05) is 0 Å². The number of aliphatic hydroxyl groups is 1. The van der Waals surface area contributed by atoms with Gasteiger partial charge in [-0.15, -0.1) is 0 Å². The second-order valence-electron chi connectivity index (χ2n) is 7.36. The Morgan fingerprint density at radius 2 is 1.66 bits per heavy atom.